The van der Waals surface area contributed by atoms with Crippen molar-refractivity contribution in [1.29, 1.82) is 0 Å². The maximum Gasteiger partial charge on any atom is 0.146 e. The molecule has 116 valence electrons. The number of benzene rings is 2. The monoisotopic (exact) mass is 345 g/mol. The summed E-state index contributed by atoms with van der Waals surface area (Å²) < 4.78 is 11.5. The van der Waals surface area contributed by atoms with Crippen LogP contribution in [0.5, 0.6) is 23.0 Å². The van der Waals surface area contributed by atoms with Gasteiger partial charge < -0.3 is 9.47 Å². The number of ether oxygens (including phenoxy) is 2. The van der Waals surface area contributed by atoms with Crippen molar-refractivity contribution >= 4 is 23.2 Å². The zero-order chi connectivity index (χ0) is 16.2. The summed E-state index contributed by atoms with van der Waals surface area (Å²) in [6.45, 7) is 1.86. The Kier molecular flexibility index (Phi) is 4.70. The Hall–Kier alpha value is -2.23. The molecule has 3 nitrogen and oxygen atoms in total. The Morgan fingerprint density at radius 1 is 0.826 bits per heavy atom. The lowest BCUT2D eigenvalue weighted by Crippen LogP contribution is -1.90. The minimum atomic E-state index is 0.450. The number of aryl methyl sites for hydroxylation is 1. The summed E-state index contributed by atoms with van der Waals surface area (Å²) in [5.74, 6) is 2.48. The van der Waals surface area contributed by atoms with Gasteiger partial charge in [-0.3, -0.25) is 0 Å². The molecule has 0 radical (unpaired) electrons. The maximum absolute atomic E-state index is 6.27. The molecule has 2 aromatic carbocycles. The Morgan fingerprint density at radius 3 is 2.30 bits per heavy atom. The van der Waals surface area contributed by atoms with Crippen molar-refractivity contribution in [3.8, 4) is 23.0 Å². The first kappa shape index (κ1) is 15.7. The molecule has 1 aromatic heterocycles. The van der Waals surface area contributed by atoms with Gasteiger partial charge in [0.1, 0.15) is 28.2 Å². The lowest BCUT2D eigenvalue weighted by Gasteiger charge is -2.10. The zero-order valence-electron chi connectivity index (χ0n) is 12.3. The summed E-state index contributed by atoms with van der Waals surface area (Å²) in [6, 6.07) is 16.6. The van der Waals surface area contributed by atoms with E-state index in [0.29, 0.717) is 27.4 Å². The van der Waals surface area contributed by atoms with Crippen LogP contribution in [0.3, 0.4) is 0 Å². The Bertz CT molecular complexity index is 823. The quantitative estimate of drug-likeness (QED) is 0.521. The molecule has 0 N–H and O–H groups in total. The van der Waals surface area contributed by atoms with Crippen LogP contribution in [0.4, 0.5) is 0 Å². The van der Waals surface area contributed by atoms with Crippen LogP contribution >= 0.6 is 23.2 Å². The minimum Gasteiger partial charge on any atom is -0.457 e. The van der Waals surface area contributed by atoms with Gasteiger partial charge in [-0.2, -0.15) is 0 Å². The summed E-state index contributed by atoms with van der Waals surface area (Å²) in [6.07, 6.45) is 1.56. The smallest absolute Gasteiger partial charge is 0.146 e. The van der Waals surface area contributed by atoms with Crippen LogP contribution in [0.15, 0.2) is 60.8 Å². The fraction of sp³-hybridized carbons (Fsp3) is 0.0556. The molecular formula is C18H13Cl2NO2. The number of hydrogen-bond donors (Lipinski definition) is 0. The number of rotatable bonds is 4. The molecule has 0 aliphatic rings. The van der Waals surface area contributed by atoms with E-state index >= 15 is 0 Å². The van der Waals surface area contributed by atoms with Crippen molar-refractivity contribution in [2.45, 2.75) is 6.92 Å². The third kappa shape index (κ3) is 3.95. The molecule has 0 saturated heterocycles. The summed E-state index contributed by atoms with van der Waals surface area (Å²) in [5, 5.41) is 0.904. The van der Waals surface area contributed by atoms with Crippen LogP contribution in [0.25, 0.3) is 0 Å². The first-order valence-electron chi connectivity index (χ1n) is 6.94. The van der Waals surface area contributed by atoms with Gasteiger partial charge in [0, 0.05) is 6.07 Å². The van der Waals surface area contributed by atoms with Gasteiger partial charge in [-0.1, -0.05) is 41.4 Å². The van der Waals surface area contributed by atoms with Crippen LogP contribution < -0.4 is 9.47 Å². The SMILES string of the molecule is Cc1cc(Oc2ccc(Oc3ccccc3)cc2Cl)cnc1Cl. The summed E-state index contributed by atoms with van der Waals surface area (Å²) >= 11 is 12.2. The highest BCUT2D eigenvalue weighted by Crippen LogP contribution is 2.34. The predicted molar refractivity (Wildman–Crippen MR) is 92.0 cm³/mol. The highest BCUT2D eigenvalue weighted by atomic mass is 35.5. The second-order valence-electron chi connectivity index (χ2n) is 4.89. The van der Waals surface area contributed by atoms with E-state index in [1.54, 1.807) is 30.5 Å². The van der Waals surface area contributed by atoms with Gasteiger partial charge in [-0.25, -0.2) is 4.98 Å². The molecule has 0 aliphatic heterocycles. The standard InChI is InChI=1S/C18H13Cl2NO2/c1-12-9-15(11-21-18(12)20)23-17-8-7-14(10-16(17)19)22-13-5-3-2-4-6-13/h2-11H,1H3. The number of hydrogen-bond acceptors (Lipinski definition) is 3. The number of halogens is 2. The fourth-order valence-corrected chi connectivity index (χ4v) is 2.28. The van der Waals surface area contributed by atoms with Gasteiger partial charge >= 0.3 is 0 Å². The Balaban J connectivity index is 1.78. The van der Waals surface area contributed by atoms with E-state index in [1.165, 1.54) is 0 Å². The van der Waals surface area contributed by atoms with Gasteiger partial charge in [0.2, 0.25) is 0 Å². The zero-order valence-corrected chi connectivity index (χ0v) is 13.8. The van der Waals surface area contributed by atoms with Gasteiger partial charge in [-0.05, 0) is 42.8 Å². The fourth-order valence-electron chi connectivity index (χ4n) is 1.97. The first-order chi connectivity index (χ1) is 11.1. The largest absolute Gasteiger partial charge is 0.457 e. The number of nitrogens with zero attached hydrogens (tertiary/aromatic N) is 1. The summed E-state index contributed by atoms with van der Waals surface area (Å²) in [4.78, 5) is 4.05. The van der Waals surface area contributed by atoms with Crippen molar-refractivity contribution in [3.05, 3.63) is 76.5 Å². The van der Waals surface area contributed by atoms with Crippen molar-refractivity contribution in [3.63, 3.8) is 0 Å². The molecular weight excluding hydrogens is 333 g/mol. The molecule has 0 atom stereocenters. The minimum absolute atomic E-state index is 0.450. The molecule has 0 spiro atoms. The molecule has 23 heavy (non-hydrogen) atoms. The number of aromatic nitrogens is 1. The summed E-state index contributed by atoms with van der Waals surface area (Å²) in [7, 11) is 0. The maximum atomic E-state index is 6.27. The van der Waals surface area contributed by atoms with Crippen LogP contribution in [0.1, 0.15) is 5.56 Å². The van der Waals surface area contributed by atoms with Gasteiger partial charge in [0.05, 0.1) is 11.2 Å². The molecule has 0 bridgehead atoms. The molecule has 0 fully saturated rings. The molecule has 3 aromatic rings. The topological polar surface area (TPSA) is 31.4 Å². The molecule has 3 rings (SSSR count). The van der Waals surface area contributed by atoms with Gasteiger partial charge in [0.15, 0.2) is 0 Å². The Labute approximate surface area is 144 Å². The predicted octanol–water partition coefficient (Wildman–Crippen LogP) is 6.28. The van der Waals surface area contributed by atoms with Gasteiger partial charge in [-0.15, -0.1) is 0 Å². The number of pyridine rings is 1. The van der Waals surface area contributed by atoms with E-state index in [4.69, 9.17) is 32.7 Å². The van der Waals surface area contributed by atoms with E-state index in [2.05, 4.69) is 4.98 Å². The van der Waals surface area contributed by atoms with E-state index in [-0.39, 0.29) is 0 Å². The second kappa shape index (κ2) is 6.90. The van der Waals surface area contributed by atoms with Gasteiger partial charge in [0.25, 0.3) is 0 Å². The van der Waals surface area contributed by atoms with Crippen molar-refractivity contribution < 1.29 is 9.47 Å². The highest BCUT2D eigenvalue weighted by Gasteiger charge is 2.07. The van der Waals surface area contributed by atoms with E-state index in [1.807, 2.05) is 37.3 Å². The van der Waals surface area contributed by atoms with E-state index in [0.717, 1.165) is 11.3 Å². The molecule has 0 unspecified atom stereocenters. The van der Waals surface area contributed by atoms with Crippen LogP contribution in [0.2, 0.25) is 10.2 Å². The summed E-state index contributed by atoms with van der Waals surface area (Å²) in [5.41, 5.74) is 0.837. The molecule has 0 saturated carbocycles. The highest BCUT2D eigenvalue weighted by molar-refractivity contribution is 6.32. The Morgan fingerprint density at radius 2 is 1.61 bits per heavy atom. The lowest BCUT2D eigenvalue weighted by molar-refractivity contribution is 0.468. The van der Waals surface area contributed by atoms with Crippen molar-refractivity contribution in [2.75, 3.05) is 0 Å². The molecule has 1 heterocycles. The van der Waals surface area contributed by atoms with Crippen LogP contribution in [-0.2, 0) is 0 Å². The first-order valence-corrected chi connectivity index (χ1v) is 7.70. The average Bonchev–Trinajstić information content (AvgIpc) is 2.54. The molecule has 0 aliphatic carbocycles. The van der Waals surface area contributed by atoms with Crippen LogP contribution in [0, 0.1) is 6.92 Å². The average molecular weight is 346 g/mol. The number of para-hydroxylation sites is 1. The van der Waals surface area contributed by atoms with E-state index in [9.17, 15) is 0 Å². The third-order valence-electron chi connectivity index (χ3n) is 3.10. The normalized spacial score (nSPS) is 10.4. The molecule has 5 heteroatoms. The second-order valence-corrected chi connectivity index (χ2v) is 5.65. The van der Waals surface area contributed by atoms with Crippen molar-refractivity contribution in [2.24, 2.45) is 0 Å². The van der Waals surface area contributed by atoms with Crippen molar-refractivity contribution in [1.82, 2.24) is 4.98 Å². The van der Waals surface area contributed by atoms with E-state index < -0.39 is 0 Å². The van der Waals surface area contributed by atoms with Crippen LogP contribution in [-0.4, -0.2) is 4.98 Å². The lowest BCUT2D eigenvalue weighted by atomic mass is 10.3. The third-order valence-corrected chi connectivity index (χ3v) is 3.79. The molecule has 0 amide bonds.